The lowest BCUT2D eigenvalue weighted by Gasteiger charge is -2.15. The van der Waals surface area contributed by atoms with E-state index in [0.29, 0.717) is 12.1 Å². The zero-order valence-corrected chi connectivity index (χ0v) is 14.0. The molecule has 1 N–H and O–H groups in total. The normalized spacial score (nSPS) is 12.2. The third-order valence-electron chi connectivity index (χ3n) is 3.10. The molecule has 0 bridgehead atoms. The van der Waals surface area contributed by atoms with Crippen LogP contribution >= 0.6 is 31.9 Å². The van der Waals surface area contributed by atoms with E-state index in [1.54, 1.807) is 6.20 Å². The van der Waals surface area contributed by atoms with Gasteiger partial charge in [0.2, 0.25) is 0 Å². The first kappa shape index (κ1) is 15.2. The van der Waals surface area contributed by atoms with Crippen LogP contribution in [0.15, 0.2) is 45.5 Å². The number of halogens is 2. The number of carbonyl (C=O) groups is 1. The van der Waals surface area contributed by atoms with Gasteiger partial charge in [-0.05, 0) is 52.5 Å². The van der Waals surface area contributed by atoms with E-state index >= 15 is 0 Å². The Kier molecular flexibility index (Phi) is 4.94. The molecule has 0 saturated carbocycles. The summed E-state index contributed by atoms with van der Waals surface area (Å²) in [5.74, 6) is -1.51. The van der Waals surface area contributed by atoms with Crippen molar-refractivity contribution in [2.45, 2.75) is 19.3 Å². The summed E-state index contributed by atoms with van der Waals surface area (Å²) in [6.45, 7) is 1.88. The fraction of sp³-hybridized carbons (Fsp3) is 0.200. The van der Waals surface area contributed by atoms with Gasteiger partial charge in [-0.2, -0.15) is 0 Å². The van der Waals surface area contributed by atoms with Gasteiger partial charge in [0.15, 0.2) is 0 Å². The summed E-state index contributed by atoms with van der Waals surface area (Å²) in [7, 11) is 0. The van der Waals surface area contributed by atoms with Crippen LogP contribution in [0.1, 0.15) is 22.7 Å². The summed E-state index contributed by atoms with van der Waals surface area (Å²) in [6.07, 6.45) is 2.05. The Morgan fingerprint density at radius 1 is 1.35 bits per heavy atom. The number of aryl methyl sites for hydroxylation is 1. The maximum atomic E-state index is 11.6. The summed E-state index contributed by atoms with van der Waals surface area (Å²) in [5, 5.41) is 9.51. The van der Waals surface area contributed by atoms with Crippen molar-refractivity contribution in [2.75, 3.05) is 0 Å². The van der Waals surface area contributed by atoms with Crippen LogP contribution in [-0.2, 0) is 11.2 Å². The number of carboxylic acids is 1. The second-order valence-corrected chi connectivity index (χ2v) is 6.31. The van der Waals surface area contributed by atoms with Crippen molar-refractivity contribution >= 4 is 37.8 Å². The van der Waals surface area contributed by atoms with Crippen molar-refractivity contribution in [1.29, 1.82) is 0 Å². The Balaban J connectivity index is 2.37. The molecule has 104 valence electrons. The van der Waals surface area contributed by atoms with Gasteiger partial charge in [0.1, 0.15) is 5.92 Å². The topological polar surface area (TPSA) is 50.2 Å². The van der Waals surface area contributed by atoms with E-state index in [4.69, 9.17) is 0 Å². The lowest BCUT2D eigenvalue weighted by molar-refractivity contribution is -0.138. The molecular formula is C15H13Br2NO2. The largest absolute Gasteiger partial charge is 0.481 e. The van der Waals surface area contributed by atoms with Crippen molar-refractivity contribution < 1.29 is 9.90 Å². The smallest absolute Gasteiger partial charge is 0.312 e. The third kappa shape index (κ3) is 3.46. The average molecular weight is 399 g/mol. The highest BCUT2D eigenvalue weighted by molar-refractivity contribution is 9.10. The summed E-state index contributed by atoms with van der Waals surface area (Å²) in [6, 6.07) is 9.54. The number of aromatic nitrogens is 1. The fourth-order valence-corrected chi connectivity index (χ4v) is 2.99. The zero-order chi connectivity index (χ0) is 14.7. The van der Waals surface area contributed by atoms with Gasteiger partial charge < -0.3 is 5.11 Å². The lowest BCUT2D eigenvalue weighted by atomic mass is 9.93. The van der Waals surface area contributed by atoms with Gasteiger partial charge >= 0.3 is 5.97 Å². The van der Waals surface area contributed by atoms with E-state index in [9.17, 15) is 9.90 Å². The molecule has 1 heterocycles. The molecule has 1 atom stereocenters. The molecule has 2 aromatic rings. The van der Waals surface area contributed by atoms with Crippen LogP contribution in [0.4, 0.5) is 0 Å². The van der Waals surface area contributed by atoms with Crippen LogP contribution < -0.4 is 0 Å². The van der Waals surface area contributed by atoms with Crippen molar-refractivity contribution in [1.82, 2.24) is 4.98 Å². The van der Waals surface area contributed by atoms with Gasteiger partial charge in [0, 0.05) is 15.1 Å². The molecule has 2 rings (SSSR count). The molecule has 1 aromatic heterocycles. The maximum Gasteiger partial charge on any atom is 0.312 e. The van der Waals surface area contributed by atoms with Crippen molar-refractivity contribution in [3.05, 3.63) is 62.3 Å². The van der Waals surface area contributed by atoms with Gasteiger partial charge in [-0.1, -0.05) is 34.1 Å². The molecule has 0 aliphatic carbocycles. The number of benzene rings is 1. The number of aliphatic carboxylic acids is 1. The van der Waals surface area contributed by atoms with E-state index < -0.39 is 11.9 Å². The van der Waals surface area contributed by atoms with E-state index in [1.165, 1.54) is 0 Å². The molecule has 1 aromatic carbocycles. The predicted molar refractivity (Wildman–Crippen MR) is 84.9 cm³/mol. The SMILES string of the molecule is Cc1cc(Br)cnc1C(Cc1ccccc1Br)C(=O)O. The standard InChI is InChI=1S/C15H13Br2NO2/c1-9-6-11(16)8-18-14(9)12(15(19)20)7-10-4-2-3-5-13(10)17/h2-6,8,12H,7H2,1H3,(H,19,20). The van der Waals surface area contributed by atoms with Crippen LogP contribution in [0.5, 0.6) is 0 Å². The summed E-state index contributed by atoms with van der Waals surface area (Å²) in [5.41, 5.74) is 2.44. The van der Waals surface area contributed by atoms with E-state index in [1.807, 2.05) is 37.3 Å². The molecule has 20 heavy (non-hydrogen) atoms. The van der Waals surface area contributed by atoms with Gasteiger partial charge in [-0.3, -0.25) is 9.78 Å². The van der Waals surface area contributed by atoms with E-state index in [0.717, 1.165) is 20.1 Å². The highest BCUT2D eigenvalue weighted by Gasteiger charge is 2.24. The molecule has 3 nitrogen and oxygen atoms in total. The molecule has 0 saturated heterocycles. The van der Waals surface area contributed by atoms with E-state index in [2.05, 4.69) is 36.8 Å². The molecule has 0 radical (unpaired) electrons. The van der Waals surface area contributed by atoms with Gasteiger partial charge in [-0.25, -0.2) is 0 Å². The number of hydrogen-bond donors (Lipinski definition) is 1. The molecule has 0 aliphatic heterocycles. The number of pyridine rings is 1. The van der Waals surface area contributed by atoms with Gasteiger partial charge in [-0.15, -0.1) is 0 Å². The van der Waals surface area contributed by atoms with Gasteiger partial charge in [0.25, 0.3) is 0 Å². The molecule has 5 heteroatoms. The number of carboxylic acid groups (broad SMARTS) is 1. The Hall–Kier alpha value is -1.20. The van der Waals surface area contributed by atoms with Crippen LogP contribution in [0.25, 0.3) is 0 Å². The van der Waals surface area contributed by atoms with E-state index in [-0.39, 0.29) is 0 Å². The third-order valence-corrected chi connectivity index (χ3v) is 4.30. The number of rotatable bonds is 4. The minimum atomic E-state index is -0.862. The molecule has 0 spiro atoms. The summed E-state index contributed by atoms with van der Waals surface area (Å²) < 4.78 is 1.77. The average Bonchev–Trinajstić information content (AvgIpc) is 2.38. The Bertz CT molecular complexity index is 644. The van der Waals surface area contributed by atoms with Crippen LogP contribution in [0.3, 0.4) is 0 Å². The van der Waals surface area contributed by atoms with Gasteiger partial charge in [0.05, 0.1) is 5.69 Å². The second kappa shape index (κ2) is 6.50. The second-order valence-electron chi connectivity index (χ2n) is 4.54. The number of hydrogen-bond acceptors (Lipinski definition) is 2. The quantitative estimate of drug-likeness (QED) is 0.833. The zero-order valence-electron chi connectivity index (χ0n) is 10.8. The minimum Gasteiger partial charge on any atom is -0.481 e. The predicted octanol–water partition coefficient (Wildman–Crippen LogP) is 4.33. The van der Waals surface area contributed by atoms with Crippen LogP contribution in [-0.4, -0.2) is 16.1 Å². The lowest BCUT2D eigenvalue weighted by Crippen LogP contribution is -2.17. The Morgan fingerprint density at radius 2 is 2.05 bits per heavy atom. The van der Waals surface area contributed by atoms with Crippen molar-refractivity contribution in [3.8, 4) is 0 Å². The monoisotopic (exact) mass is 397 g/mol. The summed E-state index contributed by atoms with van der Waals surface area (Å²) >= 11 is 6.80. The maximum absolute atomic E-state index is 11.6. The highest BCUT2D eigenvalue weighted by Crippen LogP contribution is 2.27. The van der Waals surface area contributed by atoms with Crippen LogP contribution in [0.2, 0.25) is 0 Å². The number of nitrogens with zero attached hydrogens (tertiary/aromatic N) is 1. The molecule has 0 amide bonds. The molecule has 0 fully saturated rings. The van der Waals surface area contributed by atoms with Crippen molar-refractivity contribution in [2.24, 2.45) is 0 Å². The molecular weight excluding hydrogens is 386 g/mol. The van der Waals surface area contributed by atoms with Crippen LogP contribution in [0, 0.1) is 6.92 Å². The minimum absolute atomic E-state index is 0.409. The first-order valence-corrected chi connectivity index (χ1v) is 7.66. The highest BCUT2D eigenvalue weighted by atomic mass is 79.9. The fourth-order valence-electron chi connectivity index (χ4n) is 2.10. The Morgan fingerprint density at radius 3 is 2.65 bits per heavy atom. The van der Waals surface area contributed by atoms with Crippen molar-refractivity contribution in [3.63, 3.8) is 0 Å². The Labute approximate surface area is 134 Å². The first-order valence-electron chi connectivity index (χ1n) is 6.07. The molecule has 1 unspecified atom stereocenters. The molecule has 0 aliphatic rings. The summed E-state index contributed by atoms with van der Waals surface area (Å²) in [4.78, 5) is 15.9. The first-order chi connectivity index (χ1) is 9.49.